The Hall–Kier alpha value is 0.150. The molecule has 4 aliphatic rings. The third-order valence-corrected chi connectivity index (χ3v) is 4.42. The molecule has 0 saturated heterocycles. The van der Waals surface area contributed by atoms with Crippen LogP contribution in [0.25, 0.3) is 0 Å². The van der Waals surface area contributed by atoms with Crippen LogP contribution in [-0.4, -0.2) is 0 Å². The number of fused-ring (bicyclic) bond motifs is 2. The van der Waals surface area contributed by atoms with Crippen molar-refractivity contribution in [3.63, 3.8) is 0 Å². The van der Waals surface area contributed by atoms with E-state index in [2.05, 4.69) is 49.3 Å². The molecule has 0 aromatic carbocycles. The fourth-order valence-corrected chi connectivity index (χ4v) is 3.33. The van der Waals surface area contributed by atoms with E-state index >= 15 is 0 Å². The van der Waals surface area contributed by atoms with Gasteiger partial charge in [-0.05, 0) is 24.7 Å². The van der Waals surface area contributed by atoms with Crippen LogP contribution in [0.3, 0.4) is 0 Å². The molecule has 2 saturated carbocycles. The standard InChI is InChI=1S/2C9H11.2ClH.Hf/c2*1-2-5-9-7-3-6-8(9)4-1;;;/h2*1-2,4,6,9H,3,5,7H2;2*1H;/q2*-1;;;+4/p-2. The Kier molecular flexibility index (Phi) is 10.9. The van der Waals surface area contributed by atoms with E-state index in [-0.39, 0.29) is 50.7 Å². The van der Waals surface area contributed by atoms with Crippen molar-refractivity contribution in [2.75, 3.05) is 0 Å². The molecule has 0 nitrogen and oxygen atoms in total. The molecule has 0 amide bonds. The fraction of sp³-hybridized carbons (Fsp3) is 0.444. The first-order chi connectivity index (χ1) is 8.93. The zero-order valence-corrected chi connectivity index (χ0v) is 17.4. The third-order valence-electron chi connectivity index (χ3n) is 4.42. The summed E-state index contributed by atoms with van der Waals surface area (Å²) in [5.41, 5.74) is 3.16. The molecule has 4 aliphatic carbocycles. The first-order valence-electron chi connectivity index (χ1n) is 7.33. The number of allylic oxidation sites excluding steroid dienone is 8. The van der Waals surface area contributed by atoms with Gasteiger partial charge in [-0.2, -0.15) is 0 Å². The van der Waals surface area contributed by atoms with Crippen LogP contribution in [0, 0.1) is 24.7 Å². The van der Waals surface area contributed by atoms with Crippen molar-refractivity contribution in [3.05, 3.63) is 60.4 Å². The van der Waals surface area contributed by atoms with Crippen LogP contribution in [-0.2, 0) is 25.8 Å². The molecular formula is C18H22Cl2Hf. The number of halogens is 2. The van der Waals surface area contributed by atoms with Crippen LogP contribution in [0.5, 0.6) is 0 Å². The molecule has 21 heavy (non-hydrogen) atoms. The van der Waals surface area contributed by atoms with Crippen molar-refractivity contribution >= 4 is 0 Å². The van der Waals surface area contributed by atoms with Crippen LogP contribution in [0.15, 0.2) is 47.6 Å². The van der Waals surface area contributed by atoms with E-state index in [0.717, 1.165) is 11.8 Å². The van der Waals surface area contributed by atoms with Gasteiger partial charge in [-0.15, -0.1) is 37.1 Å². The van der Waals surface area contributed by atoms with E-state index < -0.39 is 0 Å². The van der Waals surface area contributed by atoms with Gasteiger partial charge < -0.3 is 24.8 Å². The molecule has 0 radical (unpaired) electrons. The molecule has 2 fully saturated rings. The smallest absolute Gasteiger partial charge is 1.00 e. The Morgan fingerprint density at radius 1 is 0.762 bits per heavy atom. The van der Waals surface area contributed by atoms with Gasteiger partial charge in [0.05, 0.1) is 0 Å². The zero-order chi connectivity index (χ0) is 12.2. The molecule has 112 valence electrons. The Morgan fingerprint density at radius 2 is 1.19 bits per heavy atom. The van der Waals surface area contributed by atoms with Gasteiger partial charge in [0.25, 0.3) is 0 Å². The summed E-state index contributed by atoms with van der Waals surface area (Å²) in [6, 6.07) is 0. The Labute approximate surface area is 160 Å². The normalized spacial score (nSPS) is 26.7. The fourth-order valence-electron chi connectivity index (χ4n) is 3.33. The predicted molar refractivity (Wildman–Crippen MR) is 77.7 cm³/mol. The molecular weight excluding hydrogens is 466 g/mol. The maximum absolute atomic E-state index is 2.37. The van der Waals surface area contributed by atoms with Gasteiger partial charge >= 0.3 is 25.8 Å². The zero-order valence-electron chi connectivity index (χ0n) is 12.3. The Morgan fingerprint density at radius 3 is 1.57 bits per heavy atom. The molecule has 0 N–H and O–H groups in total. The summed E-state index contributed by atoms with van der Waals surface area (Å²) < 4.78 is 0. The van der Waals surface area contributed by atoms with Gasteiger partial charge in [-0.3, -0.25) is 0 Å². The van der Waals surface area contributed by atoms with Gasteiger partial charge in [0, 0.05) is 0 Å². The second-order valence-electron chi connectivity index (χ2n) is 5.62. The van der Waals surface area contributed by atoms with Gasteiger partial charge in [-0.1, -0.05) is 12.8 Å². The van der Waals surface area contributed by atoms with Crippen molar-refractivity contribution in [2.45, 2.75) is 38.5 Å². The third kappa shape index (κ3) is 5.69. The molecule has 0 heterocycles. The van der Waals surface area contributed by atoms with Gasteiger partial charge in [0.15, 0.2) is 0 Å². The van der Waals surface area contributed by atoms with Gasteiger partial charge in [-0.25, -0.2) is 36.1 Å². The van der Waals surface area contributed by atoms with E-state index in [1.807, 2.05) is 0 Å². The number of hydrogen-bond acceptors (Lipinski definition) is 0. The summed E-state index contributed by atoms with van der Waals surface area (Å²) in [4.78, 5) is 0. The summed E-state index contributed by atoms with van der Waals surface area (Å²) in [7, 11) is 0. The largest absolute Gasteiger partial charge is 4.00 e. The molecule has 0 aromatic heterocycles. The van der Waals surface area contributed by atoms with Crippen molar-refractivity contribution in [1.29, 1.82) is 0 Å². The van der Waals surface area contributed by atoms with E-state index in [9.17, 15) is 0 Å². The van der Waals surface area contributed by atoms with Crippen molar-refractivity contribution in [3.8, 4) is 0 Å². The van der Waals surface area contributed by atoms with Crippen LogP contribution >= 0.6 is 0 Å². The molecule has 0 aromatic rings. The predicted octanol–water partition coefficient (Wildman–Crippen LogP) is -1.02. The summed E-state index contributed by atoms with van der Waals surface area (Å²) in [6.07, 6.45) is 26.1. The minimum atomic E-state index is 0. The molecule has 0 spiro atoms. The number of hydrogen-bond donors (Lipinski definition) is 0. The van der Waals surface area contributed by atoms with Gasteiger partial charge in [0.2, 0.25) is 0 Å². The van der Waals surface area contributed by atoms with Gasteiger partial charge in [0.1, 0.15) is 0 Å². The van der Waals surface area contributed by atoms with Crippen molar-refractivity contribution in [2.24, 2.45) is 11.8 Å². The molecule has 0 aliphatic heterocycles. The van der Waals surface area contributed by atoms with Crippen LogP contribution in [0.2, 0.25) is 0 Å². The monoisotopic (exact) mass is 488 g/mol. The molecule has 2 atom stereocenters. The Balaban J connectivity index is 0.000000333. The second-order valence-corrected chi connectivity index (χ2v) is 5.62. The van der Waals surface area contributed by atoms with Crippen molar-refractivity contribution in [1.82, 2.24) is 0 Å². The molecule has 4 rings (SSSR count). The summed E-state index contributed by atoms with van der Waals surface area (Å²) in [5.74, 6) is 1.77. The maximum Gasteiger partial charge on any atom is 4.00 e. The van der Waals surface area contributed by atoms with E-state index in [0.29, 0.717) is 0 Å². The van der Waals surface area contributed by atoms with E-state index in [1.54, 1.807) is 11.1 Å². The van der Waals surface area contributed by atoms with Crippen LogP contribution in [0.1, 0.15) is 38.5 Å². The first-order valence-corrected chi connectivity index (χ1v) is 7.33. The molecule has 3 heteroatoms. The first kappa shape index (κ1) is 21.2. The maximum atomic E-state index is 2.37. The van der Waals surface area contributed by atoms with Crippen LogP contribution < -0.4 is 24.8 Å². The molecule has 0 bridgehead atoms. The van der Waals surface area contributed by atoms with Crippen LogP contribution in [0.4, 0.5) is 0 Å². The number of rotatable bonds is 0. The average Bonchev–Trinajstić information content (AvgIpc) is 3.08. The second kappa shape index (κ2) is 10.8. The topological polar surface area (TPSA) is 0 Å². The summed E-state index contributed by atoms with van der Waals surface area (Å²) >= 11 is 0. The summed E-state index contributed by atoms with van der Waals surface area (Å²) in [5, 5.41) is 0. The van der Waals surface area contributed by atoms with E-state index in [4.69, 9.17) is 0 Å². The van der Waals surface area contributed by atoms with E-state index in [1.165, 1.54) is 38.5 Å². The summed E-state index contributed by atoms with van der Waals surface area (Å²) in [6.45, 7) is 0. The minimum absolute atomic E-state index is 0. The SMILES string of the molecule is C1=CCC2CC[CH-]C2=C1.C1=CCC2CC[CH-]C2=C1.[Cl-].[Cl-].[Hf+4]. The van der Waals surface area contributed by atoms with Crippen molar-refractivity contribution < 1.29 is 50.7 Å². The average molecular weight is 488 g/mol. The minimum Gasteiger partial charge on any atom is -1.00 e. The molecule has 2 unspecified atom stereocenters. The Bertz CT molecular complexity index is 381. The quantitative estimate of drug-likeness (QED) is 0.303.